The van der Waals surface area contributed by atoms with Crippen LogP contribution in [0.25, 0.3) is 20.9 Å². The van der Waals surface area contributed by atoms with Crippen LogP contribution in [0.3, 0.4) is 0 Å². The third-order valence-electron chi connectivity index (χ3n) is 1.92. The highest BCUT2D eigenvalue weighted by molar-refractivity contribution is 7.88. The van der Waals surface area contributed by atoms with Gasteiger partial charge in [-0.3, -0.25) is 0 Å². The van der Waals surface area contributed by atoms with Gasteiger partial charge in [-0.15, -0.1) is 0 Å². The van der Waals surface area contributed by atoms with E-state index in [4.69, 9.17) is 11.1 Å². The van der Waals surface area contributed by atoms with E-state index < -0.39 is 10.2 Å². The van der Waals surface area contributed by atoms with Gasteiger partial charge in [0.2, 0.25) is 0 Å². The normalized spacial score (nSPS) is 10.3. The van der Waals surface area contributed by atoms with Crippen molar-refractivity contribution in [3.05, 3.63) is 56.8 Å². The lowest BCUT2D eigenvalue weighted by atomic mass is 9.87. The molecule has 0 radical (unpaired) electrons. The quantitative estimate of drug-likeness (QED) is 0.463. The molecule has 0 N–H and O–H groups in total. The molecule has 1 aromatic carbocycles. The van der Waals surface area contributed by atoms with E-state index >= 15 is 0 Å². The van der Waals surface area contributed by atoms with Gasteiger partial charge in [-0.1, -0.05) is 51.1 Å². The van der Waals surface area contributed by atoms with Gasteiger partial charge in [-0.25, -0.2) is 8.42 Å². The standard InChI is InChI=1S/C10H14.N6O2S/c1-10(2,3)9-7-5-4-6-8-9;1-3-5-9(7,8)6-4-2/h4-8H,1-3H3;. The molecule has 0 saturated heterocycles. The molecule has 0 amide bonds. The molecule has 8 nitrogen and oxygen atoms in total. The molecule has 0 unspecified atom stereocenters. The van der Waals surface area contributed by atoms with Crippen LogP contribution >= 0.6 is 0 Å². The van der Waals surface area contributed by atoms with Crippen molar-refractivity contribution in [1.82, 2.24) is 0 Å². The molecule has 19 heavy (non-hydrogen) atoms. The highest BCUT2D eigenvalue weighted by Crippen LogP contribution is 2.20. The lowest BCUT2D eigenvalue weighted by molar-refractivity contribution is 0.590. The number of hydrogen-bond donors (Lipinski definition) is 0. The van der Waals surface area contributed by atoms with Gasteiger partial charge in [0.1, 0.15) is 0 Å². The zero-order chi connectivity index (χ0) is 14.9. The summed E-state index contributed by atoms with van der Waals surface area (Å²) in [4.78, 5) is 3.80. The van der Waals surface area contributed by atoms with Crippen LogP contribution in [0.15, 0.2) is 39.4 Å². The van der Waals surface area contributed by atoms with Crippen molar-refractivity contribution in [2.24, 2.45) is 9.04 Å². The van der Waals surface area contributed by atoms with Gasteiger partial charge in [0.25, 0.3) is 0 Å². The molecule has 1 aromatic rings. The van der Waals surface area contributed by atoms with Crippen molar-refractivity contribution in [3.63, 3.8) is 0 Å². The second kappa shape index (κ2) is 7.27. The van der Waals surface area contributed by atoms with Crippen molar-refractivity contribution in [1.29, 1.82) is 0 Å². The summed E-state index contributed by atoms with van der Waals surface area (Å²) in [5, 5.41) is 0. The Morgan fingerprint density at radius 1 is 1.00 bits per heavy atom. The molecule has 0 aliphatic heterocycles. The van der Waals surface area contributed by atoms with Crippen LogP contribution in [-0.4, -0.2) is 8.42 Å². The van der Waals surface area contributed by atoms with Crippen LogP contribution in [-0.2, 0) is 15.6 Å². The van der Waals surface area contributed by atoms with Crippen LogP contribution in [0.4, 0.5) is 0 Å². The Bertz CT molecular complexity index is 569. The Morgan fingerprint density at radius 2 is 1.42 bits per heavy atom. The predicted octanol–water partition coefficient (Wildman–Crippen LogP) is 3.84. The third kappa shape index (κ3) is 7.67. The van der Waals surface area contributed by atoms with Crippen molar-refractivity contribution >= 4 is 10.2 Å². The molecule has 0 aliphatic carbocycles. The van der Waals surface area contributed by atoms with E-state index in [0.717, 1.165) is 0 Å². The molecule has 0 heterocycles. The number of hydrogen-bond acceptors (Lipinski definition) is 2. The highest BCUT2D eigenvalue weighted by atomic mass is 32.2. The van der Waals surface area contributed by atoms with Crippen molar-refractivity contribution in [2.45, 2.75) is 26.2 Å². The Kier molecular flexibility index (Phi) is 6.43. The van der Waals surface area contributed by atoms with E-state index in [-0.39, 0.29) is 0 Å². The van der Waals surface area contributed by atoms with E-state index in [1.807, 2.05) is 9.82 Å². The SMILES string of the molecule is CC(C)(C)c1ccccc1.[N-]=[N+]=NS(=O)(=O)N=[N+]=[N-]. The van der Waals surface area contributed by atoms with Crippen LogP contribution in [0.2, 0.25) is 0 Å². The third-order valence-corrected chi connectivity index (χ3v) is 2.48. The predicted molar refractivity (Wildman–Crippen MR) is 72.4 cm³/mol. The van der Waals surface area contributed by atoms with Gasteiger partial charge in [0.05, 0.1) is 0 Å². The van der Waals surface area contributed by atoms with Crippen molar-refractivity contribution in [3.8, 4) is 0 Å². The largest absolute Gasteiger partial charge is 0.321 e. The summed E-state index contributed by atoms with van der Waals surface area (Å²) in [6, 6.07) is 10.6. The lowest BCUT2D eigenvalue weighted by Gasteiger charge is -2.18. The first-order valence-electron chi connectivity index (χ1n) is 5.16. The first kappa shape index (κ1) is 16.8. The van der Waals surface area contributed by atoms with Crippen LogP contribution in [0.5, 0.6) is 0 Å². The van der Waals surface area contributed by atoms with E-state index in [9.17, 15) is 8.42 Å². The molecule has 9 heteroatoms. The first-order chi connectivity index (χ1) is 8.73. The van der Waals surface area contributed by atoms with E-state index in [2.05, 4.69) is 60.1 Å². The van der Waals surface area contributed by atoms with E-state index in [1.165, 1.54) is 5.56 Å². The Balaban J connectivity index is 0.000000344. The Labute approximate surface area is 111 Å². The van der Waals surface area contributed by atoms with Gasteiger partial charge >= 0.3 is 10.2 Å². The van der Waals surface area contributed by atoms with Crippen LogP contribution < -0.4 is 0 Å². The van der Waals surface area contributed by atoms with E-state index in [0.29, 0.717) is 5.41 Å². The topological polar surface area (TPSA) is 132 Å². The van der Waals surface area contributed by atoms with E-state index in [1.54, 1.807) is 0 Å². The summed E-state index contributed by atoms with van der Waals surface area (Å²) in [6.07, 6.45) is 0. The molecule has 102 valence electrons. The molecule has 0 aliphatic rings. The molecule has 0 spiro atoms. The summed E-state index contributed by atoms with van der Waals surface area (Å²) in [5.41, 5.74) is 16.7. The van der Waals surface area contributed by atoms with Gasteiger partial charge in [-0.05, 0) is 22.0 Å². The summed E-state index contributed by atoms with van der Waals surface area (Å²) in [6.45, 7) is 6.67. The van der Waals surface area contributed by atoms with Crippen LogP contribution in [0, 0.1) is 0 Å². The summed E-state index contributed by atoms with van der Waals surface area (Å²) >= 11 is 0. The summed E-state index contributed by atoms with van der Waals surface area (Å²) in [7, 11) is -4.27. The highest BCUT2D eigenvalue weighted by Gasteiger charge is 2.11. The van der Waals surface area contributed by atoms with Gasteiger partial charge in [0, 0.05) is 18.9 Å². The van der Waals surface area contributed by atoms with Crippen LogP contribution in [0.1, 0.15) is 26.3 Å². The molecule has 0 saturated carbocycles. The molecule has 0 atom stereocenters. The zero-order valence-electron chi connectivity index (χ0n) is 10.8. The minimum absolute atomic E-state index is 0.293. The smallest absolute Gasteiger partial charge is 0.213 e. The maximum atomic E-state index is 9.99. The minimum atomic E-state index is -4.27. The maximum absolute atomic E-state index is 9.99. The van der Waals surface area contributed by atoms with Crippen molar-refractivity contribution in [2.75, 3.05) is 0 Å². The number of benzene rings is 1. The Hall–Kier alpha value is -2.21. The fourth-order valence-electron chi connectivity index (χ4n) is 1.05. The molecular formula is C10H14N6O2S. The number of rotatable bonds is 2. The fraction of sp³-hybridized carbons (Fsp3) is 0.400. The lowest BCUT2D eigenvalue weighted by Crippen LogP contribution is -2.10. The first-order valence-corrected chi connectivity index (χ1v) is 6.56. The second-order valence-corrected chi connectivity index (χ2v) is 5.63. The monoisotopic (exact) mass is 282 g/mol. The zero-order valence-corrected chi connectivity index (χ0v) is 11.6. The minimum Gasteiger partial charge on any atom is -0.213 e. The number of nitrogens with zero attached hydrogens (tertiary/aromatic N) is 6. The molecule has 0 fully saturated rings. The molecule has 1 rings (SSSR count). The Morgan fingerprint density at radius 3 is 1.68 bits per heavy atom. The number of azide groups is 1. The van der Waals surface area contributed by atoms with Gasteiger partial charge < -0.3 is 0 Å². The second-order valence-electron chi connectivity index (χ2n) is 4.41. The maximum Gasteiger partial charge on any atom is 0.321 e. The average Bonchev–Trinajstić information content (AvgIpc) is 2.29. The van der Waals surface area contributed by atoms with Crippen molar-refractivity contribution < 1.29 is 8.42 Å². The molecular weight excluding hydrogens is 268 g/mol. The summed E-state index contributed by atoms with van der Waals surface area (Å²) < 4.78 is 24.3. The van der Waals surface area contributed by atoms with Gasteiger partial charge in [0.15, 0.2) is 0 Å². The molecule has 0 aromatic heterocycles. The van der Waals surface area contributed by atoms with Gasteiger partial charge in [-0.2, -0.15) is 0 Å². The summed E-state index contributed by atoms with van der Waals surface area (Å²) in [5.74, 6) is 0. The molecule has 0 bridgehead atoms. The average molecular weight is 282 g/mol. The fourth-order valence-corrected chi connectivity index (χ4v) is 1.26.